The molecule has 2 heteroatoms. The second-order valence-electron chi connectivity index (χ2n) is 7.09. The number of nitrogens with two attached hydrogens (primary N) is 1. The zero-order valence-corrected chi connectivity index (χ0v) is 13.6. The van der Waals surface area contributed by atoms with E-state index in [0.29, 0.717) is 6.04 Å². The van der Waals surface area contributed by atoms with Crippen molar-refractivity contribution in [2.45, 2.75) is 70.9 Å². The number of rotatable bonds is 4. The monoisotopic (exact) mass is 286 g/mol. The fraction of sp³-hybridized carbons (Fsp3) is 0.684. The summed E-state index contributed by atoms with van der Waals surface area (Å²) in [6, 6.07) is 8.12. The first-order valence-electron chi connectivity index (χ1n) is 8.80. The standard InChI is InChI=1S/C19H30N2/c1-3-17(20)13-15-8-9-18(14(2)12-15)21-11-10-16-6-4-5-7-19(16)21/h8-9,12,16-17,19H,3-7,10-11,13,20H2,1-2H3. The average molecular weight is 286 g/mol. The molecule has 0 spiro atoms. The van der Waals surface area contributed by atoms with Gasteiger partial charge in [-0.1, -0.05) is 31.9 Å². The van der Waals surface area contributed by atoms with Gasteiger partial charge in [-0.05, 0) is 62.1 Å². The Morgan fingerprint density at radius 2 is 2.05 bits per heavy atom. The van der Waals surface area contributed by atoms with Crippen LogP contribution in [0.3, 0.4) is 0 Å². The smallest absolute Gasteiger partial charge is 0.0398 e. The summed E-state index contributed by atoms with van der Waals surface area (Å²) in [6.07, 6.45) is 9.16. The predicted molar refractivity (Wildman–Crippen MR) is 90.9 cm³/mol. The minimum atomic E-state index is 0.296. The largest absolute Gasteiger partial charge is 0.368 e. The maximum absolute atomic E-state index is 6.09. The lowest BCUT2D eigenvalue weighted by atomic mass is 9.85. The molecule has 1 saturated carbocycles. The van der Waals surface area contributed by atoms with Crippen LogP contribution in [0.25, 0.3) is 0 Å². The third kappa shape index (κ3) is 3.11. The van der Waals surface area contributed by atoms with Crippen LogP contribution in [-0.2, 0) is 6.42 Å². The highest BCUT2D eigenvalue weighted by Gasteiger charge is 2.36. The van der Waals surface area contributed by atoms with E-state index in [1.165, 1.54) is 55.5 Å². The van der Waals surface area contributed by atoms with Crippen LogP contribution in [0.15, 0.2) is 18.2 Å². The molecule has 1 aromatic rings. The van der Waals surface area contributed by atoms with Gasteiger partial charge in [0.2, 0.25) is 0 Å². The summed E-state index contributed by atoms with van der Waals surface area (Å²) >= 11 is 0. The summed E-state index contributed by atoms with van der Waals surface area (Å²) < 4.78 is 0. The normalized spacial score (nSPS) is 26.7. The van der Waals surface area contributed by atoms with E-state index in [-0.39, 0.29) is 0 Å². The van der Waals surface area contributed by atoms with Crippen LogP contribution in [0.5, 0.6) is 0 Å². The lowest BCUT2D eigenvalue weighted by molar-refractivity contribution is 0.342. The highest BCUT2D eigenvalue weighted by atomic mass is 15.2. The summed E-state index contributed by atoms with van der Waals surface area (Å²) in [7, 11) is 0. The predicted octanol–water partition coefficient (Wildman–Crippen LogP) is 4.04. The summed E-state index contributed by atoms with van der Waals surface area (Å²) in [4.78, 5) is 2.70. The minimum absolute atomic E-state index is 0.296. The van der Waals surface area contributed by atoms with E-state index in [1.54, 1.807) is 0 Å². The Morgan fingerprint density at radius 3 is 2.81 bits per heavy atom. The molecule has 3 atom stereocenters. The number of nitrogens with zero attached hydrogens (tertiary/aromatic N) is 1. The van der Waals surface area contributed by atoms with Gasteiger partial charge in [-0.25, -0.2) is 0 Å². The second kappa shape index (κ2) is 6.39. The lowest BCUT2D eigenvalue weighted by Crippen LogP contribution is -2.35. The van der Waals surface area contributed by atoms with E-state index in [0.717, 1.165) is 24.8 Å². The Morgan fingerprint density at radius 1 is 1.24 bits per heavy atom. The zero-order chi connectivity index (χ0) is 14.8. The van der Waals surface area contributed by atoms with Gasteiger partial charge in [-0.3, -0.25) is 0 Å². The number of benzene rings is 1. The Bertz CT molecular complexity index is 482. The van der Waals surface area contributed by atoms with Gasteiger partial charge in [0.25, 0.3) is 0 Å². The molecule has 21 heavy (non-hydrogen) atoms. The van der Waals surface area contributed by atoms with Crippen LogP contribution in [0.4, 0.5) is 5.69 Å². The van der Waals surface area contributed by atoms with E-state index in [4.69, 9.17) is 5.73 Å². The van der Waals surface area contributed by atoms with Crippen molar-refractivity contribution in [2.24, 2.45) is 11.7 Å². The van der Waals surface area contributed by atoms with Crippen molar-refractivity contribution >= 4 is 5.69 Å². The maximum Gasteiger partial charge on any atom is 0.0398 e. The molecule has 2 fully saturated rings. The van der Waals surface area contributed by atoms with Crippen molar-refractivity contribution in [3.05, 3.63) is 29.3 Å². The van der Waals surface area contributed by atoms with Crippen LogP contribution >= 0.6 is 0 Å². The summed E-state index contributed by atoms with van der Waals surface area (Å²) in [5.41, 5.74) is 10.4. The van der Waals surface area contributed by atoms with Gasteiger partial charge in [-0.2, -0.15) is 0 Å². The Kier molecular flexibility index (Phi) is 4.54. The molecule has 2 aliphatic rings. The molecule has 0 amide bonds. The van der Waals surface area contributed by atoms with E-state index in [2.05, 4.69) is 36.9 Å². The molecule has 0 bridgehead atoms. The first-order chi connectivity index (χ1) is 10.2. The van der Waals surface area contributed by atoms with E-state index in [1.807, 2.05) is 0 Å². The molecule has 116 valence electrons. The lowest BCUT2D eigenvalue weighted by Gasteiger charge is -2.34. The summed E-state index contributed by atoms with van der Waals surface area (Å²) in [5.74, 6) is 0.950. The van der Waals surface area contributed by atoms with Crippen molar-refractivity contribution in [3.8, 4) is 0 Å². The van der Waals surface area contributed by atoms with Crippen molar-refractivity contribution in [1.82, 2.24) is 0 Å². The number of fused-ring (bicyclic) bond motifs is 1. The molecular weight excluding hydrogens is 256 g/mol. The van der Waals surface area contributed by atoms with Crippen LogP contribution < -0.4 is 10.6 Å². The maximum atomic E-state index is 6.09. The number of hydrogen-bond acceptors (Lipinski definition) is 2. The summed E-state index contributed by atoms with van der Waals surface area (Å²) in [6.45, 7) is 5.69. The van der Waals surface area contributed by atoms with Crippen LogP contribution in [0.1, 0.15) is 56.6 Å². The molecule has 0 aromatic heterocycles. The molecule has 1 aliphatic carbocycles. The van der Waals surface area contributed by atoms with Crippen molar-refractivity contribution in [1.29, 1.82) is 0 Å². The van der Waals surface area contributed by atoms with E-state index >= 15 is 0 Å². The van der Waals surface area contributed by atoms with Crippen LogP contribution in [-0.4, -0.2) is 18.6 Å². The van der Waals surface area contributed by atoms with Gasteiger partial charge in [0.05, 0.1) is 0 Å². The molecule has 1 aromatic carbocycles. The average Bonchev–Trinajstić information content (AvgIpc) is 2.91. The van der Waals surface area contributed by atoms with Gasteiger partial charge >= 0.3 is 0 Å². The van der Waals surface area contributed by atoms with Crippen LogP contribution in [0, 0.1) is 12.8 Å². The quantitative estimate of drug-likeness (QED) is 0.905. The van der Waals surface area contributed by atoms with Gasteiger partial charge in [0, 0.05) is 24.3 Å². The molecule has 1 saturated heterocycles. The molecule has 1 aliphatic heterocycles. The molecule has 3 unspecified atom stereocenters. The van der Waals surface area contributed by atoms with Crippen molar-refractivity contribution < 1.29 is 0 Å². The van der Waals surface area contributed by atoms with E-state index in [9.17, 15) is 0 Å². The first-order valence-corrected chi connectivity index (χ1v) is 8.80. The summed E-state index contributed by atoms with van der Waals surface area (Å²) in [5, 5.41) is 0. The van der Waals surface area contributed by atoms with Gasteiger partial charge < -0.3 is 10.6 Å². The Hall–Kier alpha value is -1.02. The van der Waals surface area contributed by atoms with Crippen molar-refractivity contribution in [3.63, 3.8) is 0 Å². The molecule has 3 rings (SSSR count). The van der Waals surface area contributed by atoms with Crippen molar-refractivity contribution in [2.75, 3.05) is 11.4 Å². The second-order valence-corrected chi connectivity index (χ2v) is 7.09. The molecule has 2 N–H and O–H groups in total. The van der Waals surface area contributed by atoms with Crippen LogP contribution in [0.2, 0.25) is 0 Å². The van der Waals surface area contributed by atoms with Gasteiger partial charge in [0.1, 0.15) is 0 Å². The van der Waals surface area contributed by atoms with Gasteiger partial charge in [-0.15, -0.1) is 0 Å². The third-order valence-electron chi connectivity index (χ3n) is 5.60. The number of aryl methyl sites for hydroxylation is 1. The minimum Gasteiger partial charge on any atom is -0.368 e. The Balaban J connectivity index is 1.76. The third-order valence-corrected chi connectivity index (χ3v) is 5.60. The van der Waals surface area contributed by atoms with Gasteiger partial charge in [0.15, 0.2) is 0 Å². The number of anilines is 1. The SMILES string of the molecule is CCC(N)Cc1ccc(N2CCC3CCCCC32)c(C)c1. The highest BCUT2D eigenvalue weighted by molar-refractivity contribution is 5.56. The molecule has 2 nitrogen and oxygen atoms in total. The molecule has 1 heterocycles. The number of hydrogen-bond donors (Lipinski definition) is 1. The highest BCUT2D eigenvalue weighted by Crippen LogP contribution is 2.39. The Labute approximate surface area is 129 Å². The fourth-order valence-corrected chi connectivity index (χ4v) is 4.32. The van der Waals surface area contributed by atoms with E-state index < -0.39 is 0 Å². The fourth-order valence-electron chi connectivity index (χ4n) is 4.32. The first kappa shape index (κ1) is 14.9. The molecular formula is C19H30N2. The molecule has 0 radical (unpaired) electrons. The zero-order valence-electron chi connectivity index (χ0n) is 13.6. The topological polar surface area (TPSA) is 29.3 Å².